The van der Waals surface area contributed by atoms with Crippen molar-refractivity contribution in [3.8, 4) is 5.75 Å². The number of ether oxygens (including phenoxy) is 3. The van der Waals surface area contributed by atoms with Crippen molar-refractivity contribution < 1.29 is 28.6 Å². The predicted molar refractivity (Wildman–Crippen MR) is 97.0 cm³/mol. The summed E-state index contributed by atoms with van der Waals surface area (Å²) in [4.78, 5) is 35.6. The molecule has 27 heavy (non-hydrogen) atoms. The highest BCUT2D eigenvalue weighted by atomic mass is 16.6. The third-order valence-electron chi connectivity index (χ3n) is 3.57. The van der Waals surface area contributed by atoms with Crippen LogP contribution in [-0.2, 0) is 30.3 Å². The van der Waals surface area contributed by atoms with Gasteiger partial charge in [0.2, 0.25) is 0 Å². The van der Waals surface area contributed by atoms with Crippen LogP contribution in [0.3, 0.4) is 0 Å². The molecule has 2 rings (SSSR count). The Balaban J connectivity index is 1.79. The number of amides is 1. The molecule has 7 nitrogen and oxygen atoms in total. The van der Waals surface area contributed by atoms with Crippen LogP contribution in [0, 0.1) is 0 Å². The molecular weight excluding hydrogens is 350 g/mol. The van der Waals surface area contributed by atoms with Crippen molar-refractivity contribution in [2.45, 2.75) is 12.5 Å². The van der Waals surface area contributed by atoms with Crippen LogP contribution in [0.1, 0.15) is 5.56 Å². The van der Waals surface area contributed by atoms with Gasteiger partial charge in [-0.05, 0) is 17.7 Å². The van der Waals surface area contributed by atoms with Crippen LogP contribution >= 0.6 is 0 Å². The van der Waals surface area contributed by atoms with E-state index < -0.39 is 30.5 Å². The summed E-state index contributed by atoms with van der Waals surface area (Å²) in [6, 6.07) is 17.1. The molecule has 0 heterocycles. The van der Waals surface area contributed by atoms with Crippen LogP contribution in [-0.4, -0.2) is 44.2 Å². The monoisotopic (exact) mass is 371 g/mol. The van der Waals surface area contributed by atoms with Gasteiger partial charge >= 0.3 is 11.9 Å². The van der Waals surface area contributed by atoms with E-state index in [9.17, 15) is 14.4 Å². The van der Waals surface area contributed by atoms with Gasteiger partial charge in [0.15, 0.2) is 13.2 Å². The number of methoxy groups -OCH3 is 1. The average molecular weight is 371 g/mol. The molecule has 0 aliphatic heterocycles. The summed E-state index contributed by atoms with van der Waals surface area (Å²) in [6.45, 7) is -0.832. The van der Waals surface area contributed by atoms with Crippen molar-refractivity contribution in [2.75, 3.05) is 20.3 Å². The van der Waals surface area contributed by atoms with Gasteiger partial charge in [-0.25, -0.2) is 9.59 Å². The number of para-hydroxylation sites is 1. The van der Waals surface area contributed by atoms with Gasteiger partial charge in [0, 0.05) is 6.42 Å². The molecule has 142 valence electrons. The van der Waals surface area contributed by atoms with Crippen molar-refractivity contribution in [3.05, 3.63) is 66.2 Å². The second kappa shape index (κ2) is 10.6. The van der Waals surface area contributed by atoms with Gasteiger partial charge in [-0.15, -0.1) is 0 Å². The Labute approximate surface area is 157 Å². The molecule has 1 amide bonds. The maximum absolute atomic E-state index is 12.0. The summed E-state index contributed by atoms with van der Waals surface area (Å²) in [5.41, 5.74) is 0.862. The number of nitrogens with one attached hydrogen (secondary N) is 1. The van der Waals surface area contributed by atoms with Crippen molar-refractivity contribution in [3.63, 3.8) is 0 Å². The summed E-state index contributed by atoms with van der Waals surface area (Å²) < 4.78 is 14.8. The van der Waals surface area contributed by atoms with E-state index >= 15 is 0 Å². The minimum absolute atomic E-state index is 0.268. The molecule has 1 atom stereocenters. The van der Waals surface area contributed by atoms with Crippen LogP contribution in [0.2, 0.25) is 0 Å². The first-order valence-corrected chi connectivity index (χ1v) is 8.33. The number of esters is 2. The first kappa shape index (κ1) is 20.0. The van der Waals surface area contributed by atoms with E-state index in [4.69, 9.17) is 14.2 Å². The maximum atomic E-state index is 12.0. The van der Waals surface area contributed by atoms with Gasteiger partial charge in [-0.2, -0.15) is 0 Å². The van der Waals surface area contributed by atoms with Crippen LogP contribution in [0.5, 0.6) is 5.75 Å². The zero-order chi connectivity index (χ0) is 19.5. The van der Waals surface area contributed by atoms with Crippen LogP contribution in [0.4, 0.5) is 0 Å². The Morgan fingerprint density at radius 3 is 2.19 bits per heavy atom. The summed E-state index contributed by atoms with van der Waals surface area (Å²) in [6.07, 6.45) is 0.268. The van der Waals surface area contributed by atoms with E-state index in [1.807, 2.05) is 36.4 Å². The van der Waals surface area contributed by atoms with Crippen LogP contribution in [0.25, 0.3) is 0 Å². The zero-order valence-corrected chi connectivity index (χ0v) is 14.9. The summed E-state index contributed by atoms with van der Waals surface area (Å²) in [5, 5.41) is 2.51. The quantitative estimate of drug-likeness (QED) is 0.672. The molecule has 0 bridgehead atoms. The van der Waals surface area contributed by atoms with Crippen molar-refractivity contribution >= 4 is 17.8 Å². The number of hydrogen-bond acceptors (Lipinski definition) is 6. The minimum atomic E-state index is -0.871. The lowest BCUT2D eigenvalue weighted by atomic mass is 10.1. The number of hydrogen-bond donors (Lipinski definition) is 1. The molecule has 0 fully saturated rings. The van der Waals surface area contributed by atoms with Gasteiger partial charge in [0.05, 0.1) is 7.11 Å². The van der Waals surface area contributed by atoms with Gasteiger partial charge in [-0.3, -0.25) is 4.79 Å². The second-order valence-electron chi connectivity index (χ2n) is 5.60. The molecule has 1 N–H and O–H groups in total. The summed E-state index contributed by atoms with van der Waals surface area (Å²) in [7, 11) is 1.24. The van der Waals surface area contributed by atoms with E-state index in [-0.39, 0.29) is 13.0 Å². The smallest absolute Gasteiger partial charge is 0.344 e. The highest BCUT2D eigenvalue weighted by molar-refractivity contribution is 5.86. The summed E-state index contributed by atoms with van der Waals surface area (Å²) >= 11 is 0. The predicted octanol–water partition coefficient (Wildman–Crippen LogP) is 1.51. The highest BCUT2D eigenvalue weighted by Crippen LogP contribution is 2.08. The lowest BCUT2D eigenvalue weighted by molar-refractivity contribution is -0.151. The number of carbonyl (C=O) groups excluding carboxylic acids is 3. The van der Waals surface area contributed by atoms with E-state index in [1.165, 1.54) is 7.11 Å². The molecule has 7 heteroatoms. The van der Waals surface area contributed by atoms with E-state index in [1.54, 1.807) is 24.3 Å². The number of rotatable bonds is 9. The molecule has 0 saturated heterocycles. The molecule has 0 unspecified atom stereocenters. The third-order valence-corrected chi connectivity index (χ3v) is 3.57. The first-order chi connectivity index (χ1) is 13.1. The Bertz CT molecular complexity index is 748. The molecular formula is C20H21NO6. The fourth-order valence-electron chi connectivity index (χ4n) is 2.27. The van der Waals surface area contributed by atoms with E-state index in [0.29, 0.717) is 5.75 Å². The SMILES string of the molecule is COC(=O)[C@@H](Cc1ccccc1)NC(=O)COC(=O)COc1ccccc1. The highest BCUT2D eigenvalue weighted by Gasteiger charge is 2.22. The molecule has 0 aliphatic rings. The van der Waals surface area contributed by atoms with Gasteiger partial charge in [-0.1, -0.05) is 48.5 Å². The third kappa shape index (κ3) is 7.19. The fraction of sp³-hybridized carbons (Fsp3) is 0.250. The average Bonchev–Trinajstić information content (AvgIpc) is 2.71. The lowest BCUT2D eigenvalue weighted by Crippen LogP contribution is -2.44. The Morgan fingerprint density at radius 1 is 0.926 bits per heavy atom. The normalized spacial score (nSPS) is 11.1. The topological polar surface area (TPSA) is 90.9 Å². The van der Waals surface area contributed by atoms with Gasteiger partial charge in [0.25, 0.3) is 5.91 Å². The van der Waals surface area contributed by atoms with E-state index in [2.05, 4.69) is 5.32 Å². The van der Waals surface area contributed by atoms with E-state index in [0.717, 1.165) is 5.56 Å². The Morgan fingerprint density at radius 2 is 1.56 bits per heavy atom. The van der Waals surface area contributed by atoms with Crippen molar-refractivity contribution in [2.24, 2.45) is 0 Å². The van der Waals surface area contributed by atoms with Gasteiger partial charge < -0.3 is 19.5 Å². The van der Waals surface area contributed by atoms with Crippen molar-refractivity contribution in [1.82, 2.24) is 5.32 Å². The Kier molecular flexibility index (Phi) is 7.84. The molecule has 2 aromatic carbocycles. The fourth-order valence-corrected chi connectivity index (χ4v) is 2.27. The molecule has 2 aromatic rings. The van der Waals surface area contributed by atoms with Crippen molar-refractivity contribution in [1.29, 1.82) is 0 Å². The maximum Gasteiger partial charge on any atom is 0.344 e. The summed E-state index contributed by atoms with van der Waals surface area (Å²) in [5.74, 6) is -1.35. The molecule has 0 spiro atoms. The number of carbonyl (C=O) groups is 3. The van der Waals surface area contributed by atoms with Crippen LogP contribution in [0.15, 0.2) is 60.7 Å². The standard InChI is InChI=1S/C20H21NO6/c1-25-20(24)17(12-15-8-4-2-5-9-15)21-18(22)13-27-19(23)14-26-16-10-6-3-7-11-16/h2-11,17H,12-14H2,1H3,(H,21,22)/t17-/m1/s1. The molecule has 0 aromatic heterocycles. The minimum Gasteiger partial charge on any atom is -0.482 e. The molecule has 0 saturated carbocycles. The van der Waals surface area contributed by atoms with Crippen LogP contribution < -0.4 is 10.1 Å². The molecule has 0 radical (unpaired) electrons. The molecule has 0 aliphatic carbocycles. The first-order valence-electron chi connectivity index (χ1n) is 8.33. The Hall–Kier alpha value is -3.35. The largest absolute Gasteiger partial charge is 0.482 e. The number of benzene rings is 2. The van der Waals surface area contributed by atoms with Gasteiger partial charge in [0.1, 0.15) is 11.8 Å². The lowest BCUT2D eigenvalue weighted by Gasteiger charge is -2.16. The second-order valence-corrected chi connectivity index (χ2v) is 5.60. The zero-order valence-electron chi connectivity index (χ0n) is 14.9.